The van der Waals surface area contributed by atoms with E-state index >= 15 is 0 Å². The van der Waals surface area contributed by atoms with E-state index in [-0.39, 0.29) is 6.54 Å². The Labute approximate surface area is 142 Å². The Hall–Kier alpha value is -2.64. The van der Waals surface area contributed by atoms with Crippen molar-refractivity contribution >= 4 is 23.4 Å². The lowest BCUT2D eigenvalue weighted by Crippen LogP contribution is -2.36. The molecule has 0 saturated carbocycles. The summed E-state index contributed by atoms with van der Waals surface area (Å²) in [5.74, 6) is -0.497. The van der Waals surface area contributed by atoms with Gasteiger partial charge in [0.25, 0.3) is 0 Å². The third-order valence-electron chi connectivity index (χ3n) is 2.62. The summed E-state index contributed by atoms with van der Waals surface area (Å²) in [4.78, 5) is 23.5. The van der Waals surface area contributed by atoms with Crippen molar-refractivity contribution in [1.82, 2.24) is 10.3 Å². The van der Waals surface area contributed by atoms with Gasteiger partial charge in [0.2, 0.25) is 0 Å². The van der Waals surface area contributed by atoms with E-state index in [2.05, 4.69) is 21.0 Å². The standard InChI is InChI=1S/C16H25N5O3/c1-11-7-8-12(19-20-21(5)6)9-13(11)18-15(23)17-10-14(22)24-16(2,3)4/h7-9H,10H2,1-6H3,(H2,17,18,23). The van der Waals surface area contributed by atoms with Gasteiger partial charge in [0.15, 0.2) is 0 Å². The van der Waals surface area contributed by atoms with Gasteiger partial charge in [-0.2, -0.15) is 0 Å². The van der Waals surface area contributed by atoms with Crippen LogP contribution in [0.2, 0.25) is 0 Å². The second-order valence-electron chi connectivity index (χ2n) is 6.43. The molecule has 0 aliphatic carbocycles. The van der Waals surface area contributed by atoms with Gasteiger partial charge in [-0.05, 0) is 45.4 Å². The van der Waals surface area contributed by atoms with Crippen LogP contribution >= 0.6 is 0 Å². The zero-order valence-electron chi connectivity index (χ0n) is 15.0. The average Bonchev–Trinajstić information content (AvgIpc) is 2.44. The van der Waals surface area contributed by atoms with E-state index in [0.717, 1.165) is 5.56 Å². The molecule has 0 atom stereocenters. The van der Waals surface area contributed by atoms with Crippen molar-refractivity contribution in [2.45, 2.75) is 33.3 Å². The first-order valence-electron chi connectivity index (χ1n) is 7.53. The van der Waals surface area contributed by atoms with E-state index in [4.69, 9.17) is 4.74 Å². The zero-order valence-corrected chi connectivity index (χ0v) is 15.0. The number of benzene rings is 1. The molecule has 0 heterocycles. The minimum absolute atomic E-state index is 0.206. The largest absolute Gasteiger partial charge is 0.459 e. The van der Waals surface area contributed by atoms with Crippen molar-refractivity contribution in [2.75, 3.05) is 26.0 Å². The Morgan fingerprint density at radius 3 is 2.50 bits per heavy atom. The smallest absolute Gasteiger partial charge is 0.325 e. The number of urea groups is 1. The van der Waals surface area contributed by atoms with Gasteiger partial charge >= 0.3 is 12.0 Å². The molecule has 0 radical (unpaired) electrons. The number of carbonyl (C=O) groups excluding carboxylic acids is 2. The molecule has 0 aromatic heterocycles. The van der Waals surface area contributed by atoms with Crippen LogP contribution in [-0.4, -0.2) is 43.3 Å². The van der Waals surface area contributed by atoms with E-state index in [9.17, 15) is 9.59 Å². The maximum atomic E-state index is 11.9. The second kappa shape index (κ2) is 8.28. The summed E-state index contributed by atoms with van der Waals surface area (Å²) in [6.07, 6.45) is 0. The summed E-state index contributed by atoms with van der Waals surface area (Å²) in [5, 5.41) is 14.7. The SMILES string of the molecule is Cc1ccc(N=NN(C)C)cc1NC(=O)NCC(=O)OC(C)(C)C. The number of hydrogen-bond donors (Lipinski definition) is 2. The van der Waals surface area contributed by atoms with E-state index in [0.29, 0.717) is 11.4 Å². The van der Waals surface area contributed by atoms with Crippen LogP contribution < -0.4 is 10.6 Å². The van der Waals surface area contributed by atoms with Gasteiger partial charge in [0, 0.05) is 19.8 Å². The van der Waals surface area contributed by atoms with Crippen LogP contribution in [0.5, 0.6) is 0 Å². The summed E-state index contributed by atoms with van der Waals surface area (Å²) in [6.45, 7) is 6.95. The molecule has 0 unspecified atom stereocenters. The van der Waals surface area contributed by atoms with Crippen LogP contribution in [0.3, 0.4) is 0 Å². The Morgan fingerprint density at radius 1 is 1.25 bits per heavy atom. The molecule has 2 N–H and O–H groups in total. The molecule has 1 aromatic carbocycles. The second-order valence-corrected chi connectivity index (χ2v) is 6.43. The van der Waals surface area contributed by atoms with Crippen molar-refractivity contribution in [1.29, 1.82) is 0 Å². The van der Waals surface area contributed by atoms with Crippen LogP contribution in [-0.2, 0) is 9.53 Å². The van der Waals surface area contributed by atoms with E-state index in [1.54, 1.807) is 52.0 Å². The van der Waals surface area contributed by atoms with Crippen molar-refractivity contribution in [3.05, 3.63) is 23.8 Å². The molecular weight excluding hydrogens is 310 g/mol. The number of anilines is 1. The lowest BCUT2D eigenvalue weighted by Gasteiger charge is -2.19. The molecule has 0 saturated heterocycles. The number of aryl methyl sites for hydroxylation is 1. The number of nitrogens with one attached hydrogen (secondary N) is 2. The number of amides is 2. The number of hydrogen-bond acceptors (Lipinski definition) is 5. The molecule has 8 heteroatoms. The summed E-state index contributed by atoms with van der Waals surface area (Å²) in [6, 6.07) is 4.83. The quantitative estimate of drug-likeness (QED) is 0.491. The fourth-order valence-corrected chi connectivity index (χ4v) is 1.64. The number of ether oxygens (including phenoxy) is 1. The monoisotopic (exact) mass is 335 g/mol. The Kier molecular flexibility index (Phi) is 6.69. The highest BCUT2D eigenvalue weighted by molar-refractivity contribution is 5.92. The Balaban J connectivity index is 2.63. The van der Waals surface area contributed by atoms with Crippen molar-refractivity contribution in [3.8, 4) is 0 Å². The van der Waals surface area contributed by atoms with Crippen LogP contribution in [0.4, 0.5) is 16.2 Å². The van der Waals surface area contributed by atoms with Crippen LogP contribution in [0.15, 0.2) is 28.5 Å². The number of carbonyl (C=O) groups is 2. The zero-order chi connectivity index (χ0) is 18.3. The third-order valence-corrected chi connectivity index (χ3v) is 2.62. The Bertz CT molecular complexity index is 621. The highest BCUT2D eigenvalue weighted by atomic mass is 16.6. The van der Waals surface area contributed by atoms with Crippen molar-refractivity contribution in [3.63, 3.8) is 0 Å². The topological polar surface area (TPSA) is 95.4 Å². The Morgan fingerprint density at radius 2 is 1.92 bits per heavy atom. The molecular formula is C16H25N5O3. The third kappa shape index (κ3) is 7.57. The van der Waals surface area contributed by atoms with Crippen LogP contribution in [0.1, 0.15) is 26.3 Å². The van der Waals surface area contributed by atoms with Gasteiger partial charge < -0.3 is 15.4 Å². The molecule has 2 amide bonds. The molecule has 1 rings (SSSR count). The minimum Gasteiger partial charge on any atom is -0.459 e. The first-order valence-corrected chi connectivity index (χ1v) is 7.53. The molecule has 0 bridgehead atoms. The van der Waals surface area contributed by atoms with Gasteiger partial charge in [-0.15, -0.1) is 5.11 Å². The van der Waals surface area contributed by atoms with Crippen molar-refractivity contribution < 1.29 is 14.3 Å². The predicted octanol–water partition coefficient (Wildman–Crippen LogP) is 3.02. The number of rotatable bonds is 5. The average molecular weight is 335 g/mol. The molecule has 0 aliphatic heterocycles. The maximum absolute atomic E-state index is 11.9. The molecule has 0 aliphatic rings. The molecule has 0 spiro atoms. The summed E-state index contributed by atoms with van der Waals surface area (Å²) < 4.78 is 5.12. The first kappa shape index (κ1) is 19.4. The van der Waals surface area contributed by atoms with E-state index in [1.165, 1.54) is 0 Å². The van der Waals surface area contributed by atoms with Crippen molar-refractivity contribution in [2.24, 2.45) is 10.3 Å². The summed E-state index contributed by atoms with van der Waals surface area (Å²) in [5.41, 5.74) is 1.48. The number of nitrogens with zero attached hydrogens (tertiary/aromatic N) is 3. The van der Waals surface area contributed by atoms with Gasteiger partial charge in [-0.25, -0.2) is 4.79 Å². The highest BCUT2D eigenvalue weighted by Crippen LogP contribution is 2.22. The number of esters is 1. The maximum Gasteiger partial charge on any atom is 0.325 e. The van der Waals surface area contributed by atoms with Gasteiger partial charge in [0.1, 0.15) is 12.1 Å². The van der Waals surface area contributed by atoms with E-state index in [1.807, 2.05) is 13.0 Å². The van der Waals surface area contributed by atoms with E-state index < -0.39 is 17.6 Å². The summed E-state index contributed by atoms with van der Waals surface area (Å²) in [7, 11) is 3.53. The first-order chi connectivity index (χ1) is 11.1. The fraction of sp³-hybridized carbons (Fsp3) is 0.500. The fourth-order valence-electron chi connectivity index (χ4n) is 1.64. The lowest BCUT2D eigenvalue weighted by molar-refractivity contribution is -0.153. The molecule has 24 heavy (non-hydrogen) atoms. The van der Waals surface area contributed by atoms with Gasteiger partial charge in [-0.1, -0.05) is 11.3 Å². The molecule has 1 aromatic rings. The summed E-state index contributed by atoms with van der Waals surface area (Å²) >= 11 is 0. The normalized spacial score (nSPS) is 11.2. The van der Waals surface area contributed by atoms with Crippen LogP contribution in [0, 0.1) is 6.92 Å². The predicted molar refractivity (Wildman–Crippen MR) is 92.2 cm³/mol. The molecule has 132 valence electrons. The minimum atomic E-state index is -0.586. The molecule has 0 fully saturated rings. The molecule has 8 nitrogen and oxygen atoms in total. The van der Waals surface area contributed by atoms with Gasteiger partial charge in [-0.3, -0.25) is 9.80 Å². The van der Waals surface area contributed by atoms with Gasteiger partial charge in [0.05, 0.1) is 5.69 Å². The highest BCUT2D eigenvalue weighted by Gasteiger charge is 2.16. The lowest BCUT2D eigenvalue weighted by atomic mass is 10.2. The van der Waals surface area contributed by atoms with Crippen LogP contribution in [0.25, 0.3) is 0 Å².